The Balaban J connectivity index is 1.31. The summed E-state index contributed by atoms with van der Waals surface area (Å²) in [6.45, 7) is 0. The van der Waals surface area contributed by atoms with Crippen molar-refractivity contribution in [2.24, 2.45) is 0 Å². The molecule has 2 heterocycles. The molecule has 1 amide bonds. The molecular weight excluding hydrogens is 446 g/mol. The molecular formula is C19H18BrN3O2S2. The Labute approximate surface area is 173 Å². The van der Waals surface area contributed by atoms with E-state index >= 15 is 0 Å². The molecule has 1 aromatic carbocycles. The number of carbonyl (C=O) groups excluding carboxylic acids is 1. The van der Waals surface area contributed by atoms with Gasteiger partial charge in [0, 0.05) is 27.2 Å². The quantitative estimate of drug-likeness (QED) is 0.527. The first-order valence-electron chi connectivity index (χ1n) is 8.77. The number of thioether (sulfide) groups is 1. The summed E-state index contributed by atoms with van der Waals surface area (Å²) in [6, 6.07) is 7.52. The summed E-state index contributed by atoms with van der Waals surface area (Å²) in [5, 5.41) is 3.67. The van der Waals surface area contributed by atoms with E-state index in [1.807, 2.05) is 24.3 Å². The summed E-state index contributed by atoms with van der Waals surface area (Å²) >= 11 is 6.64. The number of hydrogen-bond acceptors (Lipinski definition) is 5. The van der Waals surface area contributed by atoms with Crippen molar-refractivity contribution in [2.75, 3.05) is 11.1 Å². The molecule has 5 nitrogen and oxygen atoms in total. The normalized spacial score (nSPS) is 13.1. The van der Waals surface area contributed by atoms with E-state index in [9.17, 15) is 9.59 Å². The van der Waals surface area contributed by atoms with E-state index in [0.717, 1.165) is 39.6 Å². The number of aromatic nitrogens is 2. The standard InChI is InChI=1S/C19H18BrN3O2S2/c20-11-3-1-4-12(9-11)21-16(24)7-8-26-10-15-22-18(25)17-13-5-2-6-14(13)27-19(17)23-15/h1,3-4,9H,2,5-8,10H2,(H,21,24)(H,22,23,25). The third-order valence-corrected chi connectivity index (χ3v) is 7.09. The van der Waals surface area contributed by atoms with Gasteiger partial charge in [0.05, 0.1) is 11.1 Å². The summed E-state index contributed by atoms with van der Waals surface area (Å²) in [5.74, 6) is 1.93. The number of amides is 1. The number of thiophene rings is 1. The van der Waals surface area contributed by atoms with Crippen LogP contribution in [0.25, 0.3) is 10.2 Å². The van der Waals surface area contributed by atoms with Crippen molar-refractivity contribution in [3.8, 4) is 0 Å². The number of aromatic amines is 1. The van der Waals surface area contributed by atoms with Gasteiger partial charge in [0.2, 0.25) is 5.91 Å². The molecule has 2 N–H and O–H groups in total. The second-order valence-corrected chi connectivity index (χ2v) is 9.52. The van der Waals surface area contributed by atoms with Crippen LogP contribution in [0.4, 0.5) is 5.69 Å². The van der Waals surface area contributed by atoms with Crippen molar-refractivity contribution in [3.63, 3.8) is 0 Å². The molecule has 4 rings (SSSR count). The van der Waals surface area contributed by atoms with Crippen LogP contribution < -0.4 is 10.9 Å². The fourth-order valence-electron chi connectivity index (χ4n) is 3.24. The zero-order valence-electron chi connectivity index (χ0n) is 14.5. The van der Waals surface area contributed by atoms with Crippen LogP contribution in [0.5, 0.6) is 0 Å². The number of benzene rings is 1. The Bertz CT molecular complexity index is 1060. The van der Waals surface area contributed by atoms with Gasteiger partial charge in [0.1, 0.15) is 10.7 Å². The Kier molecular flexibility index (Phi) is 5.66. The van der Waals surface area contributed by atoms with Crippen molar-refractivity contribution in [1.82, 2.24) is 9.97 Å². The van der Waals surface area contributed by atoms with Crippen molar-refractivity contribution in [3.05, 3.63) is 55.4 Å². The van der Waals surface area contributed by atoms with Gasteiger partial charge in [-0.2, -0.15) is 11.8 Å². The van der Waals surface area contributed by atoms with Crippen molar-refractivity contribution in [2.45, 2.75) is 31.4 Å². The molecule has 0 spiro atoms. The summed E-state index contributed by atoms with van der Waals surface area (Å²) in [7, 11) is 0. The number of anilines is 1. The lowest BCUT2D eigenvalue weighted by Crippen LogP contribution is -2.13. The second-order valence-electron chi connectivity index (χ2n) is 6.41. The van der Waals surface area contributed by atoms with Crippen molar-refractivity contribution >= 4 is 60.8 Å². The molecule has 0 aliphatic heterocycles. The molecule has 0 unspecified atom stereocenters. The maximum atomic E-state index is 12.4. The van der Waals surface area contributed by atoms with Gasteiger partial charge in [0.25, 0.3) is 5.56 Å². The van der Waals surface area contributed by atoms with Gasteiger partial charge < -0.3 is 10.3 Å². The van der Waals surface area contributed by atoms with E-state index in [-0.39, 0.29) is 11.5 Å². The fraction of sp³-hybridized carbons (Fsp3) is 0.316. The smallest absolute Gasteiger partial charge is 0.259 e. The molecule has 8 heteroatoms. The van der Waals surface area contributed by atoms with Gasteiger partial charge in [-0.15, -0.1) is 11.3 Å². The fourth-order valence-corrected chi connectivity index (χ4v) is 5.72. The lowest BCUT2D eigenvalue weighted by atomic mass is 10.2. The lowest BCUT2D eigenvalue weighted by Gasteiger charge is -2.06. The number of nitrogens with zero attached hydrogens (tertiary/aromatic N) is 1. The summed E-state index contributed by atoms with van der Waals surface area (Å²) in [4.78, 5) is 34.2. The Hall–Kier alpha value is -1.64. The van der Waals surface area contributed by atoms with Gasteiger partial charge in [0.15, 0.2) is 0 Å². The van der Waals surface area contributed by atoms with E-state index in [1.165, 1.54) is 10.4 Å². The number of hydrogen-bond donors (Lipinski definition) is 2. The monoisotopic (exact) mass is 463 g/mol. The lowest BCUT2D eigenvalue weighted by molar-refractivity contribution is -0.115. The Morgan fingerprint density at radius 3 is 3.11 bits per heavy atom. The van der Waals surface area contributed by atoms with Crippen LogP contribution in [0.1, 0.15) is 29.1 Å². The highest BCUT2D eigenvalue weighted by molar-refractivity contribution is 9.10. The summed E-state index contributed by atoms with van der Waals surface area (Å²) in [5.41, 5.74) is 1.95. The first-order chi connectivity index (χ1) is 13.1. The van der Waals surface area contributed by atoms with Crippen molar-refractivity contribution < 1.29 is 4.79 Å². The number of carbonyl (C=O) groups is 1. The van der Waals surface area contributed by atoms with Crippen LogP contribution in [0.15, 0.2) is 33.5 Å². The molecule has 3 aromatic rings. The molecule has 27 heavy (non-hydrogen) atoms. The first-order valence-corrected chi connectivity index (χ1v) is 11.5. The third-order valence-electron chi connectivity index (χ3n) is 4.44. The van der Waals surface area contributed by atoms with E-state index in [2.05, 4.69) is 31.2 Å². The van der Waals surface area contributed by atoms with Gasteiger partial charge in [-0.3, -0.25) is 9.59 Å². The minimum absolute atomic E-state index is 0.0211. The van der Waals surface area contributed by atoms with Crippen molar-refractivity contribution in [1.29, 1.82) is 0 Å². The molecule has 1 aliphatic rings. The molecule has 2 aromatic heterocycles. The molecule has 0 radical (unpaired) electrons. The third kappa shape index (κ3) is 4.28. The maximum Gasteiger partial charge on any atom is 0.259 e. The maximum absolute atomic E-state index is 12.4. The number of aryl methyl sites for hydroxylation is 2. The predicted molar refractivity (Wildman–Crippen MR) is 116 cm³/mol. The Morgan fingerprint density at radius 1 is 1.37 bits per heavy atom. The number of halogens is 1. The number of H-pyrrole nitrogens is 1. The van der Waals surface area contributed by atoms with E-state index < -0.39 is 0 Å². The van der Waals surface area contributed by atoms with E-state index in [0.29, 0.717) is 23.8 Å². The molecule has 0 saturated carbocycles. The topological polar surface area (TPSA) is 74.8 Å². The molecule has 0 fully saturated rings. The SMILES string of the molecule is O=C(CCSCc1nc2sc3c(c2c(=O)[nH]1)CCC3)Nc1cccc(Br)c1. The highest BCUT2D eigenvalue weighted by Gasteiger charge is 2.21. The largest absolute Gasteiger partial charge is 0.326 e. The number of fused-ring (bicyclic) bond motifs is 3. The highest BCUT2D eigenvalue weighted by Crippen LogP contribution is 2.34. The van der Waals surface area contributed by atoms with Crippen LogP contribution in [0.3, 0.4) is 0 Å². The molecule has 1 aliphatic carbocycles. The van der Waals surface area contributed by atoms with Gasteiger partial charge in [-0.25, -0.2) is 4.98 Å². The zero-order chi connectivity index (χ0) is 18.8. The molecule has 0 atom stereocenters. The Morgan fingerprint density at radius 2 is 2.26 bits per heavy atom. The number of nitrogens with one attached hydrogen (secondary N) is 2. The van der Waals surface area contributed by atoms with Crippen LogP contribution >= 0.6 is 39.0 Å². The van der Waals surface area contributed by atoms with Crippen LogP contribution in [-0.2, 0) is 23.4 Å². The minimum atomic E-state index is -0.0256. The second kappa shape index (κ2) is 8.16. The zero-order valence-corrected chi connectivity index (χ0v) is 17.7. The number of rotatable bonds is 6. The van der Waals surface area contributed by atoms with Gasteiger partial charge in [-0.05, 0) is 43.0 Å². The average Bonchev–Trinajstić information content (AvgIpc) is 3.19. The van der Waals surface area contributed by atoms with Gasteiger partial charge in [-0.1, -0.05) is 22.0 Å². The summed E-state index contributed by atoms with van der Waals surface area (Å²) in [6.07, 6.45) is 3.60. The van der Waals surface area contributed by atoms with Crippen LogP contribution in [0, 0.1) is 0 Å². The summed E-state index contributed by atoms with van der Waals surface area (Å²) < 4.78 is 0.930. The highest BCUT2D eigenvalue weighted by atomic mass is 79.9. The van der Waals surface area contributed by atoms with Crippen LogP contribution in [0.2, 0.25) is 0 Å². The molecule has 0 saturated heterocycles. The van der Waals surface area contributed by atoms with Gasteiger partial charge >= 0.3 is 0 Å². The first kappa shape index (κ1) is 18.7. The average molecular weight is 464 g/mol. The molecule has 140 valence electrons. The molecule has 0 bridgehead atoms. The van der Waals surface area contributed by atoms with Crippen LogP contribution in [-0.4, -0.2) is 21.6 Å². The minimum Gasteiger partial charge on any atom is -0.326 e. The predicted octanol–water partition coefficient (Wildman–Crippen LogP) is 4.50. The van der Waals surface area contributed by atoms with E-state index in [4.69, 9.17) is 0 Å². The van der Waals surface area contributed by atoms with E-state index in [1.54, 1.807) is 23.1 Å².